The van der Waals surface area contributed by atoms with Gasteiger partial charge in [-0.1, -0.05) is 34.1 Å². The Kier molecular flexibility index (Phi) is 6.69. The standard InChI is InChI=1S/C19H21BrN2O.ClH/c20-15-5-1-3-13(11-15)7-10-19(23)22-18-6-2-4-14-12-16(21)8-9-17(14)18;/h1,3,5,8-9,11-12,18H,2,4,6-7,10,21H2,(H,22,23);1H. The lowest BCUT2D eigenvalue weighted by Gasteiger charge is -2.26. The molecule has 2 aromatic rings. The van der Waals surface area contributed by atoms with Crippen LogP contribution in [0.1, 0.15) is 42.0 Å². The van der Waals surface area contributed by atoms with Gasteiger partial charge in [0.05, 0.1) is 6.04 Å². The molecule has 3 rings (SSSR count). The molecule has 3 N–H and O–H groups in total. The van der Waals surface area contributed by atoms with Gasteiger partial charge in [-0.05, 0) is 66.6 Å². The molecule has 3 nitrogen and oxygen atoms in total. The minimum atomic E-state index is 0. The van der Waals surface area contributed by atoms with E-state index in [1.807, 2.05) is 24.3 Å². The third-order valence-corrected chi connectivity index (χ3v) is 4.84. The zero-order valence-corrected chi connectivity index (χ0v) is 15.8. The molecule has 128 valence electrons. The van der Waals surface area contributed by atoms with Crippen molar-refractivity contribution in [2.75, 3.05) is 5.73 Å². The molecule has 0 radical (unpaired) electrons. The van der Waals surface area contributed by atoms with Crippen molar-refractivity contribution >= 4 is 39.9 Å². The van der Waals surface area contributed by atoms with Gasteiger partial charge in [0.15, 0.2) is 0 Å². The lowest BCUT2D eigenvalue weighted by molar-refractivity contribution is -0.121. The third kappa shape index (κ3) is 4.74. The normalized spacial score (nSPS) is 16.0. The summed E-state index contributed by atoms with van der Waals surface area (Å²) in [7, 11) is 0. The van der Waals surface area contributed by atoms with Gasteiger partial charge in [-0.25, -0.2) is 0 Å². The Hall–Kier alpha value is -1.52. The molecule has 24 heavy (non-hydrogen) atoms. The number of fused-ring (bicyclic) bond motifs is 1. The van der Waals surface area contributed by atoms with Crippen molar-refractivity contribution in [1.82, 2.24) is 5.32 Å². The van der Waals surface area contributed by atoms with E-state index >= 15 is 0 Å². The van der Waals surface area contributed by atoms with Crippen molar-refractivity contribution in [2.24, 2.45) is 0 Å². The fourth-order valence-electron chi connectivity index (χ4n) is 3.20. The van der Waals surface area contributed by atoms with Crippen molar-refractivity contribution in [3.8, 4) is 0 Å². The Balaban J connectivity index is 0.00000208. The number of nitrogens with two attached hydrogens (primary N) is 1. The van der Waals surface area contributed by atoms with E-state index in [1.165, 1.54) is 16.7 Å². The number of carbonyl (C=O) groups excluding carboxylic acids is 1. The molecular weight excluding hydrogens is 388 g/mol. The lowest BCUT2D eigenvalue weighted by Crippen LogP contribution is -2.31. The van der Waals surface area contributed by atoms with Crippen LogP contribution in [0.15, 0.2) is 46.9 Å². The average Bonchev–Trinajstić information content (AvgIpc) is 2.53. The van der Waals surface area contributed by atoms with E-state index in [9.17, 15) is 4.79 Å². The molecule has 0 heterocycles. The molecule has 0 bridgehead atoms. The second-order valence-electron chi connectivity index (χ2n) is 6.10. The first-order valence-corrected chi connectivity index (χ1v) is 8.83. The number of hydrogen-bond acceptors (Lipinski definition) is 2. The Morgan fingerprint density at radius 2 is 2.08 bits per heavy atom. The maximum Gasteiger partial charge on any atom is 0.220 e. The van der Waals surface area contributed by atoms with Crippen LogP contribution in [0, 0.1) is 0 Å². The van der Waals surface area contributed by atoms with Crippen LogP contribution < -0.4 is 11.1 Å². The van der Waals surface area contributed by atoms with Crippen LogP contribution in [0.5, 0.6) is 0 Å². The number of carbonyl (C=O) groups is 1. The highest BCUT2D eigenvalue weighted by Gasteiger charge is 2.21. The van der Waals surface area contributed by atoms with Crippen LogP contribution in [-0.2, 0) is 17.6 Å². The number of hydrogen-bond donors (Lipinski definition) is 2. The quantitative estimate of drug-likeness (QED) is 0.726. The number of amides is 1. The second-order valence-corrected chi connectivity index (χ2v) is 7.02. The minimum Gasteiger partial charge on any atom is -0.399 e. The number of nitrogens with one attached hydrogen (secondary N) is 1. The second kappa shape index (κ2) is 8.54. The van der Waals surface area contributed by atoms with Crippen LogP contribution in [0.2, 0.25) is 0 Å². The summed E-state index contributed by atoms with van der Waals surface area (Å²) in [6, 6.07) is 14.2. The highest BCUT2D eigenvalue weighted by atomic mass is 79.9. The molecule has 0 fully saturated rings. The van der Waals surface area contributed by atoms with Gasteiger partial charge in [-0.3, -0.25) is 4.79 Å². The van der Waals surface area contributed by atoms with Gasteiger partial charge in [0, 0.05) is 16.6 Å². The molecular formula is C19H22BrClN2O. The van der Waals surface area contributed by atoms with Gasteiger partial charge < -0.3 is 11.1 Å². The highest BCUT2D eigenvalue weighted by molar-refractivity contribution is 9.10. The van der Waals surface area contributed by atoms with Gasteiger partial charge in [0.2, 0.25) is 5.91 Å². The number of halogens is 2. The molecule has 0 saturated carbocycles. The summed E-state index contributed by atoms with van der Waals surface area (Å²) >= 11 is 3.46. The van der Waals surface area contributed by atoms with E-state index in [1.54, 1.807) is 0 Å². The molecule has 0 saturated heterocycles. The summed E-state index contributed by atoms with van der Waals surface area (Å²) in [5, 5.41) is 3.19. The first-order chi connectivity index (χ1) is 11.1. The number of nitrogen functional groups attached to an aromatic ring is 1. The number of aryl methyl sites for hydroxylation is 2. The molecule has 0 aliphatic heterocycles. The van der Waals surface area contributed by atoms with Crippen molar-refractivity contribution in [2.45, 2.75) is 38.1 Å². The van der Waals surface area contributed by atoms with Crippen molar-refractivity contribution in [1.29, 1.82) is 0 Å². The Labute approximate surface area is 157 Å². The van der Waals surface area contributed by atoms with Gasteiger partial charge in [-0.15, -0.1) is 12.4 Å². The predicted octanol–water partition coefficient (Wildman–Crippen LogP) is 4.58. The van der Waals surface area contributed by atoms with Crippen LogP contribution in [0.3, 0.4) is 0 Å². The predicted molar refractivity (Wildman–Crippen MR) is 104 cm³/mol. The van der Waals surface area contributed by atoms with Crippen LogP contribution >= 0.6 is 28.3 Å². The number of anilines is 1. The summed E-state index contributed by atoms with van der Waals surface area (Å²) in [4.78, 5) is 12.3. The summed E-state index contributed by atoms with van der Waals surface area (Å²) in [5.74, 6) is 0.111. The van der Waals surface area contributed by atoms with Crippen LogP contribution in [0.25, 0.3) is 0 Å². The molecule has 1 unspecified atom stereocenters. The first kappa shape index (κ1) is 18.8. The van der Waals surface area contributed by atoms with Gasteiger partial charge in [0.25, 0.3) is 0 Å². The van der Waals surface area contributed by atoms with Crippen LogP contribution in [0.4, 0.5) is 5.69 Å². The lowest BCUT2D eigenvalue weighted by atomic mass is 9.87. The van der Waals surface area contributed by atoms with E-state index in [-0.39, 0.29) is 24.4 Å². The molecule has 1 aliphatic carbocycles. The van der Waals surface area contributed by atoms with Crippen molar-refractivity contribution in [3.63, 3.8) is 0 Å². The summed E-state index contributed by atoms with van der Waals surface area (Å²) in [5.41, 5.74) is 10.3. The van der Waals surface area contributed by atoms with Crippen LogP contribution in [-0.4, -0.2) is 5.91 Å². The average molecular weight is 410 g/mol. The van der Waals surface area contributed by atoms with Crippen molar-refractivity contribution in [3.05, 3.63) is 63.6 Å². The monoisotopic (exact) mass is 408 g/mol. The van der Waals surface area contributed by atoms with Gasteiger partial charge >= 0.3 is 0 Å². The third-order valence-electron chi connectivity index (χ3n) is 4.35. The molecule has 0 aromatic heterocycles. The Bertz CT molecular complexity index is 720. The fourth-order valence-corrected chi connectivity index (χ4v) is 3.65. The maximum atomic E-state index is 12.3. The largest absolute Gasteiger partial charge is 0.399 e. The van der Waals surface area contributed by atoms with Gasteiger partial charge in [0.1, 0.15) is 0 Å². The summed E-state index contributed by atoms with van der Waals surface area (Å²) in [6.45, 7) is 0. The van der Waals surface area contributed by atoms with E-state index in [2.05, 4.69) is 39.4 Å². The number of benzene rings is 2. The molecule has 0 spiro atoms. The zero-order valence-electron chi connectivity index (χ0n) is 13.4. The molecule has 5 heteroatoms. The fraction of sp³-hybridized carbons (Fsp3) is 0.316. The first-order valence-electron chi connectivity index (χ1n) is 8.04. The zero-order chi connectivity index (χ0) is 16.2. The summed E-state index contributed by atoms with van der Waals surface area (Å²) < 4.78 is 1.05. The SMILES string of the molecule is Cl.Nc1ccc2c(c1)CCCC2NC(=O)CCc1cccc(Br)c1. The molecule has 1 atom stereocenters. The number of rotatable bonds is 4. The topological polar surface area (TPSA) is 55.1 Å². The molecule has 1 aliphatic rings. The van der Waals surface area contributed by atoms with Gasteiger partial charge in [-0.2, -0.15) is 0 Å². The maximum absolute atomic E-state index is 12.3. The Morgan fingerprint density at radius 3 is 2.88 bits per heavy atom. The summed E-state index contributed by atoms with van der Waals surface area (Å²) in [6.07, 6.45) is 4.40. The van der Waals surface area contributed by atoms with Crippen molar-refractivity contribution < 1.29 is 4.79 Å². The van der Waals surface area contributed by atoms with E-state index in [0.717, 1.165) is 35.8 Å². The van der Waals surface area contributed by atoms with E-state index < -0.39 is 0 Å². The molecule has 1 amide bonds. The smallest absolute Gasteiger partial charge is 0.220 e. The Morgan fingerprint density at radius 1 is 1.25 bits per heavy atom. The van der Waals surface area contributed by atoms with E-state index in [4.69, 9.17) is 5.73 Å². The van der Waals surface area contributed by atoms with E-state index in [0.29, 0.717) is 6.42 Å². The highest BCUT2D eigenvalue weighted by Crippen LogP contribution is 2.31. The minimum absolute atomic E-state index is 0. The molecule has 2 aromatic carbocycles.